The maximum atomic E-state index is 12.7. The van der Waals surface area contributed by atoms with Gasteiger partial charge < -0.3 is 39.2 Å². The lowest BCUT2D eigenvalue weighted by Gasteiger charge is -2.32. The number of carboxylic acid groups (broad SMARTS) is 1. The molecule has 2 aliphatic rings. The van der Waals surface area contributed by atoms with Crippen molar-refractivity contribution in [2.75, 3.05) is 50.1 Å². The minimum absolute atomic E-state index is 0.0245. The van der Waals surface area contributed by atoms with Crippen LogP contribution in [-0.2, 0) is 16.2 Å². The number of carbonyl (C=O) groups excluding carboxylic acids is 1. The average molecular weight is 667 g/mol. The minimum Gasteiger partial charge on any atom is -0.465 e. The summed E-state index contributed by atoms with van der Waals surface area (Å²) in [5, 5.41) is 14.3. The summed E-state index contributed by atoms with van der Waals surface area (Å²) in [5.74, 6) is 0.580. The monoisotopic (exact) mass is 666 g/mol. The molecular formula is C33H50N8O5Si. The van der Waals surface area contributed by atoms with Crippen LogP contribution in [0.5, 0.6) is 0 Å². The molecule has 2 amide bonds. The normalized spacial score (nSPS) is 18.9. The van der Waals surface area contributed by atoms with Gasteiger partial charge in [-0.05, 0) is 58.2 Å². The highest BCUT2D eigenvalue weighted by Crippen LogP contribution is 2.35. The Morgan fingerprint density at radius 1 is 1.13 bits per heavy atom. The number of piperidine rings is 1. The summed E-state index contributed by atoms with van der Waals surface area (Å²) in [7, 11) is 0.568. The fourth-order valence-corrected chi connectivity index (χ4v) is 6.74. The van der Waals surface area contributed by atoms with Gasteiger partial charge in [-0.2, -0.15) is 0 Å². The predicted octanol–water partition coefficient (Wildman–Crippen LogP) is 5.81. The first kappa shape index (κ1) is 34.4. The topological polar surface area (TPSA) is 138 Å². The standard InChI is InChI=1S/C33H50N8O5Si/c1-33(2,3)46-32(44)38(4)24-11-15-39(21-24)30-34-13-10-27(37-30)26-19-35-29-25(12-16-41(29)22-45-17-18-47(5,6)7)28(26)36-23-9-8-14-40(20-23)31(42)43/h10,12-13,16,19,23-24H,8-9,11,14-15,17-18,20-22H2,1-7H3,(H,35,36)(H,42,43)/t23-,24?/m1/s1. The Kier molecular flexibility index (Phi) is 10.3. The molecule has 5 rings (SSSR count). The number of anilines is 2. The number of nitrogens with zero attached hydrogens (tertiary/aromatic N) is 7. The molecule has 47 heavy (non-hydrogen) atoms. The number of likely N-dealkylation sites (tertiary alicyclic amines) is 1. The fourth-order valence-electron chi connectivity index (χ4n) is 5.98. The number of ether oxygens (including phenoxy) is 2. The smallest absolute Gasteiger partial charge is 0.410 e. The lowest BCUT2D eigenvalue weighted by Crippen LogP contribution is -2.44. The van der Waals surface area contributed by atoms with Gasteiger partial charge in [-0.1, -0.05) is 19.6 Å². The molecular weight excluding hydrogens is 617 g/mol. The molecule has 2 aliphatic heterocycles. The van der Waals surface area contributed by atoms with E-state index in [9.17, 15) is 14.7 Å². The zero-order chi connectivity index (χ0) is 33.9. The zero-order valence-corrected chi connectivity index (χ0v) is 29.8. The highest BCUT2D eigenvalue weighted by atomic mass is 28.3. The van der Waals surface area contributed by atoms with Gasteiger partial charge in [0, 0.05) is 83.5 Å². The molecule has 0 saturated carbocycles. The van der Waals surface area contributed by atoms with E-state index in [1.807, 2.05) is 49.9 Å². The summed E-state index contributed by atoms with van der Waals surface area (Å²) >= 11 is 0. The molecule has 2 atom stereocenters. The molecule has 1 unspecified atom stereocenters. The van der Waals surface area contributed by atoms with Gasteiger partial charge in [0.1, 0.15) is 18.0 Å². The molecule has 2 fully saturated rings. The van der Waals surface area contributed by atoms with Crippen LogP contribution in [-0.4, -0.2) is 112 Å². The Bertz CT molecular complexity index is 1570. The van der Waals surface area contributed by atoms with Crippen molar-refractivity contribution in [3.05, 3.63) is 30.7 Å². The first-order valence-electron chi connectivity index (χ1n) is 16.5. The molecule has 2 N–H and O–H groups in total. The molecule has 0 radical (unpaired) electrons. The average Bonchev–Trinajstić information content (AvgIpc) is 3.66. The van der Waals surface area contributed by atoms with Gasteiger partial charge in [0.15, 0.2) is 0 Å². The van der Waals surface area contributed by atoms with Crippen molar-refractivity contribution < 1.29 is 24.2 Å². The molecule has 13 nitrogen and oxygen atoms in total. The Morgan fingerprint density at radius 3 is 2.64 bits per heavy atom. The van der Waals surface area contributed by atoms with Gasteiger partial charge in [0.2, 0.25) is 5.95 Å². The first-order chi connectivity index (χ1) is 22.2. The number of amides is 2. The van der Waals surface area contributed by atoms with E-state index in [1.165, 1.54) is 4.90 Å². The van der Waals surface area contributed by atoms with Gasteiger partial charge >= 0.3 is 12.2 Å². The van der Waals surface area contributed by atoms with E-state index < -0.39 is 19.8 Å². The maximum Gasteiger partial charge on any atom is 0.410 e. The number of hydrogen-bond acceptors (Lipinski definition) is 9. The number of hydrogen-bond donors (Lipinski definition) is 2. The third kappa shape index (κ3) is 8.72. The second-order valence-corrected chi connectivity index (χ2v) is 20.5. The van der Waals surface area contributed by atoms with Crippen LogP contribution >= 0.6 is 0 Å². The lowest BCUT2D eigenvalue weighted by atomic mass is 10.0. The summed E-state index contributed by atoms with van der Waals surface area (Å²) in [6, 6.07) is 4.91. The summed E-state index contributed by atoms with van der Waals surface area (Å²) < 4.78 is 13.6. The third-order valence-electron chi connectivity index (χ3n) is 8.65. The Balaban J connectivity index is 1.41. The van der Waals surface area contributed by atoms with E-state index in [4.69, 9.17) is 19.4 Å². The predicted molar refractivity (Wildman–Crippen MR) is 186 cm³/mol. The summed E-state index contributed by atoms with van der Waals surface area (Å²) in [6.45, 7) is 15.9. The highest BCUT2D eigenvalue weighted by molar-refractivity contribution is 6.76. The van der Waals surface area contributed by atoms with E-state index in [2.05, 4.69) is 34.8 Å². The Morgan fingerprint density at radius 2 is 1.91 bits per heavy atom. The SMILES string of the molecule is CN(C(=O)OC(C)(C)C)C1CCN(c2nccc(-c3cnc4c(ccn4COCC[Si](C)(C)C)c3N[C@@H]3CCCN(C(=O)O)C3)n2)C1. The third-order valence-corrected chi connectivity index (χ3v) is 10.4. The molecule has 0 bridgehead atoms. The van der Waals surface area contributed by atoms with Crippen molar-refractivity contribution in [2.45, 2.75) is 90.1 Å². The molecule has 3 aromatic heterocycles. The second kappa shape index (κ2) is 14.1. The molecule has 3 aromatic rings. The quantitative estimate of drug-likeness (QED) is 0.202. The number of aromatic nitrogens is 4. The number of fused-ring (bicyclic) bond motifs is 1. The van der Waals surface area contributed by atoms with Crippen molar-refractivity contribution in [3.63, 3.8) is 0 Å². The molecule has 5 heterocycles. The molecule has 256 valence electrons. The lowest BCUT2D eigenvalue weighted by molar-refractivity contribution is 0.0237. The van der Waals surface area contributed by atoms with Crippen LogP contribution in [0.3, 0.4) is 0 Å². The van der Waals surface area contributed by atoms with Crippen LogP contribution in [0.2, 0.25) is 25.7 Å². The van der Waals surface area contributed by atoms with Crippen LogP contribution in [0.1, 0.15) is 40.0 Å². The number of carbonyl (C=O) groups is 2. The van der Waals surface area contributed by atoms with Gasteiger partial charge in [-0.3, -0.25) is 0 Å². The minimum atomic E-state index is -1.21. The van der Waals surface area contributed by atoms with Crippen molar-refractivity contribution in [2.24, 2.45) is 0 Å². The second-order valence-electron chi connectivity index (χ2n) is 14.9. The molecule has 0 spiro atoms. The summed E-state index contributed by atoms with van der Waals surface area (Å²) in [6.07, 6.45) is 6.73. The number of likely N-dealkylation sites (N-methyl/N-ethyl adjacent to an activating group) is 1. The van der Waals surface area contributed by atoms with Crippen molar-refractivity contribution in [3.8, 4) is 11.3 Å². The van der Waals surface area contributed by atoms with E-state index >= 15 is 0 Å². The van der Waals surface area contributed by atoms with Gasteiger partial charge in [-0.15, -0.1) is 0 Å². The van der Waals surface area contributed by atoms with Crippen LogP contribution < -0.4 is 10.2 Å². The molecule has 0 aliphatic carbocycles. The summed E-state index contributed by atoms with van der Waals surface area (Å²) in [4.78, 5) is 44.2. The molecule has 14 heteroatoms. The van der Waals surface area contributed by atoms with Crippen molar-refractivity contribution in [1.29, 1.82) is 0 Å². The Hall–Kier alpha value is -3.91. The van der Waals surface area contributed by atoms with Gasteiger partial charge in [-0.25, -0.2) is 24.5 Å². The maximum absolute atomic E-state index is 12.7. The van der Waals surface area contributed by atoms with E-state index in [0.717, 1.165) is 47.6 Å². The van der Waals surface area contributed by atoms with E-state index in [-0.39, 0.29) is 18.2 Å². The van der Waals surface area contributed by atoms with Gasteiger partial charge in [0.05, 0.1) is 17.4 Å². The van der Waals surface area contributed by atoms with Crippen LogP contribution in [0.4, 0.5) is 21.2 Å². The van der Waals surface area contributed by atoms with Crippen molar-refractivity contribution >= 4 is 42.9 Å². The highest BCUT2D eigenvalue weighted by Gasteiger charge is 2.32. The Labute approximate surface area is 278 Å². The van der Waals surface area contributed by atoms with Crippen LogP contribution in [0, 0.1) is 0 Å². The summed E-state index contributed by atoms with van der Waals surface area (Å²) in [5.41, 5.74) is 2.61. The van der Waals surface area contributed by atoms with Crippen LogP contribution in [0.25, 0.3) is 22.3 Å². The van der Waals surface area contributed by atoms with E-state index in [1.54, 1.807) is 18.1 Å². The fraction of sp³-hybridized carbons (Fsp3) is 0.606. The van der Waals surface area contributed by atoms with Gasteiger partial charge in [0.25, 0.3) is 0 Å². The van der Waals surface area contributed by atoms with E-state index in [0.29, 0.717) is 51.2 Å². The number of nitrogens with one attached hydrogen (secondary N) is 1. The number of rotatable bonds is 10. The van der Waals surface area contributed by atoms with Crippen LogP contribution in [0.15, 0.2) is 30.7 Å². The first-order valence-corrected chi connectivity index (χ1v) is 20.2. The molecule has 0 aromatic carbocycles. The zero-order valence-electron chi connectivity index (χ0n) is 28.8. The number of pyridine rings is 1. The molecule has 2 saturated heterocycles. The largest absolute Gasteiger partial charge is 0.465 e. The van der Waals surface area contributed by atoms with Crippen molar-refractivity contribution in [1.82, 2.24) is 29.3 Å².